The zero-order valence-electron chi connectivity index (χ0n) is 19.0. The molecule has 0 bridgehead atoms. The molecule has 0 N–H and O–H groups in total. The summed E-state index contributed by atoms with van der Waals surface area (Å²) in [6.07, 6.45) is 5.30. The zero-order chi connectivity index (χ0) is 21.4. The van der Waals surface area contributed by atoms with Crippen LogP contribution in [0.1, 0.15) is 36.2 Å². The summed E-state index contributed by atoms with van der Waals surface area (Å²) in [5.41, 5.74) is 10.1. The first-order valence-corrected chi connectivity index (χ1v) is 10.8. The summed E-state index contributed by atoms with van der Waals surface area (Å²) in [5, 5.41) is 2.54. The third-order valence-corrected chi connectivity index (χ3v) is 5.97. The van der Waals surface area contributed by atoms with E-state index in [0.717, 1.165) is 17.7 Å². The lowest BCUT2D eigenvalue weighted by molar-refractivity contribution is -0.658. The largest absolute Gasteiger partial charge is 0.261 e. The molecule has 0 atom stereocenters. The molecule has 2 aromatic carbocycles. The maximum Gasteiger partial charge on any atom is 0.220 e. The van der Waals surface area contributed by atoms with Crippen molar-refractivity contribution in [1.29, 1.82) is 0 Å². The van der Waals surface area contributed by atoms with Crippen LogP contribution in [0, 0.1) is 26.7 Å². The van der Waals surface area contributed by atoms with Crippen LogP contribution >= 0.6 is 0 Å². The number of aromatic nitrogens is 2. The van der Waals surface area contributed by atoms with E-state index in [1.807, 2.05) is 6.20 Å². The Morgan fingerprint density at radius 1 is 0.900 bits per heavy atom. The molecule has 0 amide bonds. The fourth-order valence-corrected chi connectivity index (χ4v) is 4.42. The molecule has 4 aromatic rings. The van der Waals surface area contributed by atoms with Crippen molar-refractivity contribution < 1.29 is 4.57 Å². The number of hydrogen-bond donors (Lipinski definition) is 0. The highest BCUT2D eigenvalue weighted by atomic mass is 14.9. The summed E-state index contributed by atoms with van der Waals surface area (Å²) < 4.78 is 2.28. The second-order valence-corrected chi connectivity index (χ2v) is 8.94. The van der Waals surface area contributed by atoms with E-state index < -0.39 is 0 Å². The Morgan fingerprint density at radius 3 is 2.30 bits per heavy atom. The average Bonchev–Trinajstić information content (AvgIpc) is 2.71. The smallest absolute Gasteiger partial charge is 0.220 e. The van der Waals surface area contributed by atoms with Gasteiger partial charge in [0, 0.05) is 22.8 Å². The first-order valence-electron chi connectivity index (χ1n) is 10.8. The number of aryl methyl sites for hydroxylation is 3. The van der Waals surface area contributed by atoms with Gasteiger partial charge in [0.15, 0.2) is 6.20 Å². The maximum absolute atomic E-state index is 4.74. The molecule has 0 unspecified atom stereocenters. The van der Waals surface area contributed by atoms with E-state index in [1.165, 1.54) is 44.3 Å². The number of fused-ring (bicyclic) bond motifs is 1. The van der Waals surface area contributed by atoms with Crippen molar-refractivity contribution in [2.75, 3.05) is 0 Å². The van der Waals surface area contributed by atoms with Crippen LogP contribution < -0.4 is 4.57 Å². The molecule has 0 radical (unpaired) electrons. The predicted octanol–water partition coefficient (Wildman–Crippen LogP) is 6.52. The van der Waals surface area contributed by atoms with Gasteiger partial charge in [0.05, 0.1) is 16.5 Å². The average molecular weight is 396 g/mol. The zero-order valence-corrected chi connectivity index (χ0v) is 19.0. The molecule has 0 aliphatic heterocycles. The van der Waals surface area contributed by atoms with E-state index in [2.05, 4.69) is 101 Å². The minimum atomic E-state index is 0.613. The highest BCUT2D eigenvalue weighted by Gasteiger charge is 2.21. The molecule has 2 aromatic heterocycles. The standard InChI is InChI=1S/C28H31N2/c1-18(2)13-23-12-11-22(16-29-23)27-17-30(6)28(25-10-8-7-9-24(25)27)26-15-19(3)14-20(4)21(26)5/h7-12,14-18H,13H2,1-6H3/q+1. The molecule has 2 heteroatoms. The van der Waals surface area contributed by atoms with E-state index in [-0.39, 0.29) is 0 Å². The lowest BCUT2D eigenvalue weighted by Crippen LogP contribution is -2.31. The van der Waals surface area contributed by atoms with Crippen LogP contribution in [0.2, 0.25) is 0 Å². The molecular weight excluding hydrogens is 364 g/mol. The molecule has 2 nitrogen and oxygen atoms in total. The summed E-state index contributed by atoms with van der Waals surface area (Å²) in [7, 11) is 2.16. The molecule has 152 valence electrons. The lowest BCUT2D eigenvalue weighted by atomic mass is 9.92. The van der Waals surface area contributed by atoms with Crippen molar-refractivity contribution in [3.05, 3.63) is 83.3 Å². The Kier molecular flexibility index (Phi) is 5.42. The van der Waals surface area contributed by atoms with Gasteiger partial charge in [-0.1, -0.05) is 49.7 Å². The Hall–Kier alpha value is -3.00. The van der Waals surface area contributed by atoms with Crippen molar-refractivity contribution in [1.82, 2.24) is 4.98 Å². The van der Waals surface area contributed by atoms with Crippen LogP contribution in [0.5, 0.6) is 0 Å². The molecule has 0 saturated carbocycles. The van der Waals surface area contributed by atoms with Crippen molar-refractivity contribution in [3.63, 3.8) is 0 Å². The number of pyridine rings is 2. The van der Waals surface area contributed by atoms with Crippen molar-refractivity contribution in [2.45, 2.75) is 41.0 Å². The Labute approximate surface area is 180 Å². The van der Waals surface area contributed by atoms with Crippen molar-refractivity contribution in [3.8, 4) is 22.4 Å². The Morgan fingerprint density at radius 2 is 1.63 bits per heavy atom. The minimum Gasteiger partial charge on any atom is -0.261 e. The first-order chi connectivity index (χ1) is 14.3. The van der Waals surface area contributed by atoms with Gasteiger partial charge in [-0.05, 0) is 62.4 Å². The van der Waals surface area contributed by atoms with Gasteiger partial charge in [-0.15, -0.1) is 0 Å². The van der Waals surface area contributed by atoms with Crippen LogP contribution in [0.15, 0.2) is 60.9 Å². The van der Waals surface area contributed by atoms with E-state index in [0.29, 0.717) is 5.92 Å². The summed E-state index contributed by atoms with van der Waals surface area (Å²) >= 11 is 0. The van der Waals surface area contributed by atoms with Crippen LogP contribution in [-0.4, -0.2) is 4.98 Å². The van der Waals surface area contributed by atoms with Crippen molar-refractivity contribution in [2.24, 2.45) is 13.0 Å². The summed E-state index contributed by atoms with van der Waals surface area (Å²) in [5.74, 6) is 0.613. The van der Waals surface area contributed by atoms with Gasteiger partial charge < -0.3 is 0 Å². The van der Waals surface area contributed by atoms with Crippen LogP contribution in [0.3, 0.4) is 0 Å². The monoisotopic (exact) mass is 395 g/mol. The summed E-state index contributed by atoms with van der Waals surface area (Å²) in [6, 6.07) is 17.7. The highest BCUT2D eigenvalue weighted by molar-refractivity contribution is 6.02. The predicted molar refractivity (Wildman–Crippen MR) is 127 cm³/mol. The molecular formula is C28H31N2+. The van der Waals surface area contributed by atoms with E-state index in [1.54, 1.807) is 0 Å². The number of rotatable bonds is 4. The lowest BCUT2D eigenvalue weighted by Gasteiger charge is -2.14. The molecule has 0 aliphatic rings. The molecule has 0 aliphatic carbocycles. The van der Waals surface area contributed by atoms with Gasteiger partial charge in [0.1, 0.15) is 7.05 Å². The third kappa shape index (κ3) is 3.75. The van der Waals surface area contributed by atoms with Crippen molar-refractivity contribution >= 4 is 10.8 Å². The quantitative estimate of drug-likeness (QED) is 0.360. The second-order valence-electron chi connectivity index (χ2n) is 8.94. The van der Waals surface area contributed by atoms with E-state index in [9.17, 15) is 0 Å². The molecule has 30 heavy (non-hydrogen) atoms. The number of hydrogen-bond acceptors (Lipinski definition) is 1. The molecule has 2 heterocycles. The van der Waals surface area contributed by atoms with Gasteiger partial charge >= 0.3 is 0 Å². The first kappa shape index (κ1) is 20.3. The van der Waals surface area contributed by atoms with Gasteiger partial charge in [-0.3, -0.25) is 4.98 Å². The van der Waals surface area contributed by atoms with Gasteiger partial charge in [0.2, 0.25) is 5.69 Å². The van der Waals surface area contributed by atoms with E-state index in [4.69, 9.17) is 4.98 Å². The SMILES string of the molecule is Cc1cc(C)c(C)c(-c2c3ccccc3c(-c3ccc(CC(C)C)nc3)c[n+]2C)c1. The van der Waals surface area contributed by atoms with Gasteiger partial charge in [0.25, 0.3) is 0 Å². The Balaban J connectivity index is 1.93. The molecule has 0 saturated heterocycles. The highest BCUT2D eigenvalue weighted by Crippen LogP contribution is 2.35. The van der Waals surface area contributed by atoms with Crippen LogP contribution in [-0.2, 0) is 13.5 Å². The van der Waals surface area contributed by atoms with Crippen LogP contribution in [0.4, 0.5) is 0 Å². The molecule has 0 spiro atoms. The number of nitrogens with zero attached hydrogens (tertiary/aromatic N) is 2. The molecule has 4 rings (SSSR count). The fourth-order valence-electron chi connectivity index (χ4n) is 4.42. The number of benzene rings is 2. The summed E-state index contributed by atoms with van der Waals surface area (Å²) in [4.78, 5) is 4.74. The topological polar surface area (TPSA) is 16.8 Å². The normalized spacial score (nSPS) is 11.4. The summed E-state index contributed by atoms with van der Waals surface area (Å²) in [6.45, 7) is 11.1. The second kappa shape index (κ2) is 8.02. The maximum atomic E-state index is 4.74. The minimum absolute atomic E-state index is 0.613. The third-order valence-electron chi connectivity index (χ3n) is 5.97. The van der Waals surface area contributed by atoms with Gasteiger partial charge in [-0.2, -0.15) is 4.57 Å². The van der Waals surface area contributed by atoms with Crippen LogP contribution in [0.25, 0.3) is 33.2 Å². The van der Waals surface area contributed by atoms with Gasteiger partial charge in [-0.25, -0.2) is 0 Å². The molecule has 0 fully saturated rings. The fraction of sp³-hybridized carbons (Fsp3) is 0.286. The van der Waals surface area contributed by atoms with E-state index >= 15 is 0 Å². The Bertz CT molecular complexity index is 1220.